The van der Waals surface area contributed by atoms with Crippen LogP contribution in [0, 0.1) is 5.92 Å². The van der Waals surface area contributed by atoms with Crippen molar-refractivity contribution in [2.24, 2.45) is 5.92 Å². The first-order valence-electron chi connectivity index (χ1n) is 10.1. The second kappa shape index (κ2) is 7.43. The van der Waals surface area contributed by atoms with Gasteiger partial charge in [-0.1, -0.05) is 6.07 Å². The number of amides is 1. The van der Waals surface area contributed by atoms with Crippen LogP contribution >= 0.6 is 0 Å². The minimum absolute atomic E-state index is 0.00163. The molecule has 1 fully saturated rings. The summed E-state index contributed by atoms with van der Waals surface area (Å²) in [5, 5.41) is 11.6. The number of allylic oxidation sites excluding steroid dienone is 4. The summed E-state index contributed by atoms with van der Waals surface area (Å²) in [6, 6.07) is 10.1. The van der Waals surface area contributed by atoms with E-state index in [9.17, 15) is 4.79 Å². The Morgan fingerprint density at radius 3 is 2.81 bits per heavy atom. The number of hydrogen-bond donors (Lipinski definition) is 2. The van der Waals surface area contributed by atoms with Gasteiger partial charge in [-0.2, -0.15) is 5.10 Å². The minimum Gasteiger partial charge on any atom is -0.501 e. The van der Waals surface area contributed by atoms with Crippen LogP contribution in [0.15, 0.2) is 65.7 Å². The Labute approximate surface area is 180 Å². The Hall–Kier alpha value is -3.87. The molecule has 2 aliphatic rings. The van der Waals surface area contributed by atoms with Gasteiger partial charge in [0.05, 0.1) is 18.4 Å². The SMILES string of the molecule is COC1=CC=C2NC(=O)/C(=C/c3ccc4c(-c5ccc(N(C)C)nc5)n[nH]c4c3)C2C1. The van der Waals surface area contributed by atoms with Crippen molar-refractivity contribution >= 4 is 28.7 Å². The topological polar surface area (TPSA) is 83.1 Å². The number of carbonyl (C=O) groups excluding carboxylic acids is 1. The van der Waals surface area contributed by atoms with Gasteiger partial charge in [0.25, 0.3) is 5.91 Å². The third-order valence-electron chi connectivity index (χ3n) is 5.78. The van der Waals surface area contributed by atoms with Crippen LogP contribution < -0.4 is 10.2 Å². The molecule has 5 rings (SSSR count). The van der Waals surface area contributed by atoms with Gasteiger partial charge in [0.2, 0.25) is 0 Å². The number of carbonyl (C=O) groups is 1. The number of H-pyrrole nitrogens is 1. The highest BCUT2D eigenvalue weighted by Crippen LogP contribution is 2.36. The van der Waals surface area contributed by atoms with Crippen LogP contribution in [-0.2, 0) is 9.53 Å². The van der Waals surface area contributed by atoms with Crippen molar-refractivity contribution in [3.8, 4) is 11.3 Å². The lowest BCUT2D eigenvalue weighted by atomic mass is 9.90. The predicted molar refractivity (Wildman–Crippen MR) is 121 cm³/mol. The first-order chi connectivity index (χ1) is 15.0. The molecule has 1 aliphatic heterocycles. The van der Waals surface area contributed by atoms with E-state index in [1.165, 1.54) is 0 Å². The molecule has 2 aromatic heterocycles. The minimum atomic E-state index is -0.0561. The fourth-order valence-corrected chi connectivity index (χ4v) is 4.08. The van der Waals surface area contributed by atoms with E-state index >= 15 is 0 Å². The normalized spacial score (nSPS) is 19.1. The second-order valence-corrected chi connectivity index (χ2v) is 7.95. The van der Waals surface area contributed by atoms with E-state index < -0.39 is 0 Å². The summed E-state index contributed by atoms with van der Waals surface area (Å²) in [5.41, 5.74) is 5.35. The van der Waals surface area contributed by atoms with Gasteiger partial charge in [0.15, 0.2) is 0 Å². The molecule has 0 saturated carbocycles. The summed E-state index contributed by atoms with van der Waals surface area (Å²) < 4.78 is 5.39. The van der Waals surface area contributed by atoms with E-state index in [-0.39, 0.29) is 11.8 Å². The van der Waals surface area contributed by atoms with Gasteiger partial charge in [-0.3, -0.25) is 9.89 Å². The Morgan fingerprint density at radius 2 is 2.06 bits per heavy atom. The monoisotopic (exact) mass is 413 g/mol. The number of nitrogens with one attached hydrogen (secondary N) is 2. The number of nitrogens with zero attached hydrogens (tertiary/aromatic N) is 3. The van der Waals surface area contributed by atoms with Crippen LogP contribution in [0.25, 0.3) is 28.2 Å². The summed E-state index contributed by atoms with van der Waals surface area (Å²) in [6.07, 6.45) is 8.30. The molecule has 1 amide bonds. The lowest BCUT2D eigenvalue weighted by Gasteiger charge is -2.17. The zero-order valence-corrected chi connectivity index (χ0v) is 17.6. The second-order valence-electron chi connectivity index (χ2n) is 7.95. The number of benzene rings is 1. The number of ether oxygens (including phenoxy) is 1. The van der Waals surface area contributed by atoms with E-state index in [0.29, 0.717) is 6.42 Å². The molecule has 1 saturated heterocycles. The lowest BCUT2D eigenvalue weighted by molar-refractivity contribution is -0.115. The van der Waals surface area contributed by atoms with Crippen molar-refractivity contribution in [2.75, 3.05) is 26.1 Å². The molecular weight excluding hydrogens is 390 g/mol. The Kier molecular flexibility index (Phi) is 4.58. The molecule has 0 bridgehead atoms. The molecule has 7 heteroatoms. The number of methoxy groups -OCH3 is 1. The maximum absolute atomic E-state index is 12.6. The molecule has 1 unspecified atom stereocenters. The molecule has 1 aliphatic carbocycles. The summed E-state index contributed by atoms with van der Waals surface area (Å²) in [6.45, 7) is 0. The van der Waals surface area contributed by atoms with Crippen molar-refractivity contribution in [1.29, 1.82) is 0 Å². The number of aromatic amines is 1. The molecule has 156 valence electrons. The summed E-state index contributed by atoms with van der Waals surface area (Å²) in [5.74, 6) is 1.72. The van der Waals surface area contributed by atoms with E-state index in [1.807, 2.05) is 73.8 Å². The summed E-state index contributed by atoms with van der Waals surface area (Å²) in [4.78, 5) is 19.0. The predicted octanol–water partition coefficient (Wildman–Crippen LogP) is 3.64. The number of aromatic nitrogens is 3. The standard InChI is InChI=1S/C24H23N5O2/c1-29(2)22-9-5-15(13-25-22)23-17-7-4-14(11-21(17)27-28-23)10-19-18-12-16(31-3)6-8-20(18)26-24(19)30/h4-11,13,18H,12H2,1-3H3,(H,26,30)(H,27,28)/b19-10+. The van der Waals surface area contributed by atoms with Gasteiger partial charge in [-0.15, -0.1) is 0 Å². The van der Waals surface area contributed by atoms with Crippen LogP contribution in [0.2, 0.25) is 0 Å². The van der Waals surface area contributed by atoms with E-state index in [4.69, 9.17) is 4.74 Å². The Bertz CT molecular complexity index is 1260. The first kappa shape index (κ1) is 19.1. The summed E-state index contributed by atoms with van der Waals surface area (Å²) >= 11 is 0. The zero-order chi connectivity index (χ0) is 21.5. The fraction of sp³-hybridized carbons (Fsp3) is 0.208. The van der Waals surface area contributed by atoms with Crippen LogP contribution in [0.4, 0.5) is 5.82 Å². The fourth-order valence-electron chi connectivity index (χ4n) is 4.08. The lowest BCUT2D eigenvalue weighted by Crippen LogP contribution is -2.14. The third kappa shape index (κ3) is 3.38. The number of pyridine rings is 1. The average Bonchev–Trinajstić information content (AvgIpc) is 3.34. The maximum atomic E-state index is 12.6. The Morgan fingerprint density at radius 1 is 1.19 bits per heavy atom. The van der Waals surface area contributed by atoms with Gasteiger partial charge in [0, 0.05) is 54.9 Å². The smallest absolute Gasteiger partial charge is 0.252 e. The quantitative estimate of drug-likeness (QED) is 0.638. The van der Waals surface area contributed by atoms with Crippen LogP contribution in [-0.4, -0.2) is 42.3 Å². The van der Waals surface area contributed by atoms with Crippen molar-refractivity contribution in [3.63, 3.8) is 0 Å². The highest BCUT2D eigenvalue weighted by atomic mass is 16.5. The molecule has 0 spiro atoms. The third-order valence-corrected chi connectivity index (χ3v) is 5.78. The van der Waals surface area contributed by atoms with Crippen molar-refractivity contribution in [1.82, 2.24) is 20.5 Å². The van der Waals surface area contributed by atoms with Crippen molar-refractivity contribution < 1.29 is 9.53 Å². The molecule has 7 nitrogen and oxygen atoms in total. The molecule has 0 radical (unpaired) electrons. The van der Waals surface area contributed by atoms with E-state index in [1.54, 1.807) is 7.11 Å². The molecule has 3 aromatic rings. The van der Waals surface area contributed by atoms with Crippen molar-refractivity contribution in [2.45, 2.75) is 6.42 Å². The molecular formula is C24H23N5O2. The highest BCUT2D eigenvalue weighted by molar-refractivity contribution is 6.04. The molecule has 31 heavy (non-hydrogen) atoms. The van der Waals surface area contributed by atoms with Crippen molar-refractivity contribution in [3.05, 3.63) is 71.3 Å². The number of anilines is 1. The molecule has 3 heterocycles. The van der Waals surface area contributed by atoms with E-state index in [0.717, 1.165) is 50.6 Å². The number of hydrogen-bond acceptors (Lipinski definition) is 5. The highest BCUT2D eigenvalue weighted by Gasteiger charge is 2.35. The van der Waals surface area contributed by atoms with Crippen LogP contribution in [0.3, 0.4) is 0 Å². The van der Waals surface area contributed by atoms with Crippen LogP contribution in [0.5, 0.6) is 0 Å². The molecule has 2 N–H and O–H groups in total. The Balaban J connectivity index is 1.47. The summed E-state index contributed by atoms with van der Waals surface area (Å²) in [7, 11) is 5.58. The molecule has 1 aromatic carbocycles. The first-order valence-corrected chi connectivity index (χ1v) is 10.1. The maximum Gasteiger partial charge on any atom is 0.252 e. The zero-order valence-electron chi connectivity index (χ0n) is 17.6. The average molecular weight is 413 g/mol. The van der Waals surface area contributed by atoms with Gasteiger partial charge in [-0.25, -0.2) is 4.98 Å². The largest absolute Gasteiger partial charge is 0.501 e. The van der Waals surface area contributed by atoms with Gasteiger partial charge in [0.1, 0.15) is 11.5 Å². The van der Waals surface area contributed by atoms with Gasteiger partial charge < -0.3 is 15.0 Å². The van der Waals surface area contributed by atoms with Crippen LogP contribution in [0.1, 0.15) is 12.0 Å². The number of fused-ring (bicyclic) bond motifs is 2. The number of rotatable bonds is 4. The van der Waals surface area contributed by atoms with Gasteiger partial charge in [-0.05, 0) is 48.1 Å². The molecule has 1 atom stereocenters. The van der Waals surface area contributed by atoms with Gasteiger partial charge >= 0.3 is 0 Å². The van der Waals surface area contributed by atoms with E-state index in [2.05, 4.69) is 20.5 Å².